The number of carbonyl (C=O) groups excluding carboxylic acids is 1. The molecule has 2 N–H and O–H groups in total. The minimum absolute atomic E-state index is 0.00111. The Morgan fingerprint density at radius 3 is 2.71 bits per heavy atom. The molecule has 2 rings (SSSR count). The first kappa shape index (κ1) is 15.6. The van der Waals surface area contributed by atoms with Crippen molar-refractivity contribution in [3.05, 3.63) is 42.5 Å². The first-order chi connectivity index (χ1) is 10.3. The number of hydrogen-bond acceptors (Lipinski definition) is 3. The van der Waals surface area contributed by atoms with E-state index >= 15 is 0 Å². The lowest BCUT2D eigenvalue weighted by Crippen LogP contribution is -2.24. The summed E-state index contributed by atoms with van der Waals surface area (Å²) in [6.07, 6.45) is 6.63. The van der Waals surface area contributed by atoms with Crippen molar-refractivity contribution in [1.82, 2.24) is 5.32 Å². The van der Waals surface area contributed by atoms with Gasteiger partial charge in [-0.1, -0.05) is 24.3 Å². The van der Waals surface area contributed by atoms with E-state index in [1.807, 2.05) is 36.4 Å². The summed E-state index contributed by atoms with van der Waals surface area (Å²) in [7, 11) is 0. The second-order valence-electron chi connectivity index (χ2n) is 5.25. The van der Waals surface area contributed by atoms with Crippen LogP contribution >= 0.6 is 0 Å². The zero-order valence-corrected chi connectivity index (χ0v) is 12.4. The summed E-state index contributed by atoms with van der Waals surface area (Å²) in [5.74, 6) is 0.491. The van der Waals surface area contributed by atoms with Crippen LogP contribution in [-0.4, -0.2) is 32.2 Å². The van der Waals surface area contributed by atoms with Crippen LogP contribution in [0, 0.1) is 5.92 Å². The number of nitrogens with one attached hydrogen (secondary N) is 2. The zero-order chi connectivity index (χ0) is 14.8. The number of ether oxygens (including phenoxy) is 1. The van der Waals surface area contributed by atoms with Crippen LogP contribution in [0.2, 0.25) is 0 Å². The van der Waals surface area contributed by atoms with E-state index in [9.17, 15) is 4.79 Å². The van der Waals surface area contributed by atoms with Gasteiger partial charge in [0.25, 0.3) is 0 Å². The minimum Gasteiger partial charge on any atom is -0.385 e. The molecule has 1 aliphatic heterocycles. The van der Waals surface area contributed by atoms with Gasteiger partial charge in [-0.05, 0) is 43.4 Å². The van der Waals surface area contributed by atoms with Crippen LogP contribution in [0.3, 0.4) is 0 Å². The van der Waals surface area contributed by atoms with E-state index in [-0.39, 0.29) is 5.91 Å². The predicted molar refractivity (Wildman–Crippen MR) is 85.2 cm³/mol. The van der Waals surface area contributed by atoms with Gasteiger partial charge in [0.2, 0.25) is 5.91 Å². The molecule has 1 heterocycles. The van der Waals surface area contributed by atoms with Crippen molar-refractivity contribution < 1.29 is 9.53 Å². The van der Waals surface area contributed by atoms with Gasteiger partial charge in [0.15, 0.2) is 0 Å². The predicted octanol–water partition coefficient (Wildman–Crippen LogP) is 2.59. The maximum absolute atomic E-state index is 11.7. The van der Waals surface area contributed by atoms with Crippen molar-refractivity contribution in [2.45, 2.75) is 19.3 Å². The molecule has 0 spiro atoms. The van der Waals surface area contributed by atoms with Crippen molar-refractivity contribution in [3.63, 3.8) is 0 Å². The Labute approximate surface area is 126 Å². The van der Waals surface area contributed by atoms with Gasteiger partial charge in [0.1, 0.15) is 0 Å². The highest BCUT2D eigenvalue weighted by atomic mass is 16.5. The summed E-state index contributed by atoms with van der Waals surface area (Å²) in [6.45, 7) is 3.16. The van der Waals surface area contributed by atoms with E-state index in [0.29, 0.717) is 12.5 Å². The number of anilines is 1. The van der Waals surface area contributed by atoms with E-state index in [1.54, 1.807) is 6.08 Å². The molecule has 1 fully saturated rings. The topological polar surface area (TPSA) is 50.4 Å². The van der Waals surface area contributed by atoms with Crippen LogP contribution in [0.5, 0.6) is 0 Å². The summed E-state index contributed by atoms with van der Waals surface area (Å²) >= 11 is 0. The van der Waals surface area contributed by atoms with Gasteiger partial charge in [-0.15, -0.1) is 0 Å². The van der Waals surface area contributed by atoms with Crippen LogP contribution in [0.25, 0.3) is 0 Å². The molecule has 0 bridgehead atoms. The minimum atomic E-state index is 0.00111. The fourth-order valence-corrected chi connectivity index (χ4v) is 2.28. The smallest absolute Gasteiger partial charge is 0.243 e. The first-order valence-electron chi connectivity index (χ1n) is 7.67. The Kier molecular flexibility index (Phi) is 6.81. The average molecular weight is 288 g/mol. The largest absolute Gasteiger partial charge is 0.385 e. The Morgan fingerprint density at radius 1 is 1.19 bits per heavy atom. The third-order valence-electron chi connectivity index (χ3n) is 3.54. The lowest BCUT2D eigenvalue weighted by Gasteiger charge is -2.18. The van der Waals surface area contributed by atoms with Crippen LogP contribution < -0.4 is 10.6 Å². The molecule has 4 nitrogen and oxygen atoms in total. The molecule has 0 aromatic heterocycles. The van der Waals surface area contributed by atoms with E-state index < -0.39 is 0 Å². The summed E-state index contributed by atoms with van der Waals surface area (Å²) in [4.78, 5) is 11.7. The summed E-state index contributed by atoms with van der Waals surface area (Å²) in [5.41, 5.74) is 1.11. The van der Waals surface area contributed by atoms with Gasteiger partial charge in [0, 0.05) is 32.0 Å². The number of amides is 1. The normalized spacial score (nSPS) is 16.0. The molecule has 114 valence electrons. The average Bonchev–Trinajstić information content (AvgIpc) is 2.54. The number of rotatable bonds is 7. The second kappa shape index (κ2) is 9.19. The van der Waals surface area contributed by atoms with Crippen molar-refractivity contribution in [2.75, 3.05) is 31.6 Å². The maximum atomic E-state index is 11.7. The maximum Gasteiger partial charge on any atom is 0.243 e. The summed E-state index contributed by atoms with van der Waals surface area (Å²) in [6, 6.07) is 10.1. The van der Waals surface area contributed by atoms with Gasteiger partial charge in [-0.2, -0.15) is 0 Å². The highest BCUT2D eigenvalue weighted by molar-refractivity contribution is 5.87. The second-order valence-corrected chi connectivity index (χ2v) is 5.25. The lowest BCUT2D eigenvalue weighted by atomic mass is 10.00. The van der Waals surface area contributed by atoms with Crippen molar-refractivity contribution in [2.24, 2.45) is 5.92 Å². The third-order valence-corrected chi connectivity index (χ3v) is 3.54. The fraction of sp³-hybridized carbons (Fsp3) is 0.471. The van der Waals surface area contributed by atoms with Gasteiger partial charge >= 0.3 is 0 Å². The van der Waals surface area contributed by atoms with Crippen molar-refractivity contribution >= 4 is 11.6 Å². The third kappa shape index (κ3) is 6.45. The molecule has 1 amide bonds. The van der Waals surface area contributed by atoms with Gasteiger partial charge in [-0.3, -0.25) is 4.79 Å². The van der Waals surface area contributed by atoms with E-state index in [2.05, 4.69) is 10.6 Å². The first-order valence-corrected chi connectivity index (χ1v) is 7.67. The highest BCUT2D eigenvalue weighted by Crippen LogP contribution is 2.15. The molecular formula is C17H24N2O2. The SMILES string of the molecule is O=C(C=CC1CCOCC1)NCCCNc1ccccc1. The number of para-hydroxylation sites is 1. The quantitative estimate of drug-likeness (QED) is 0.599. The van der Waals surface area contributed by atoms with E-state index in [0.717, 1.165) is 44.7 Å². The van der Waals surface area contributed by atoms with Gasteiger partial charge in [-0.25, -0.2) is 0 Å². The Hall–Kier alpha value is -1.81. The van der Waals surface area contributed by atoms with Crippen LogP contribution in [0.4, 0.5) is 5.69 Å². The molecule has 0 atom stereocenters. The fourth-order valence-electron chi connectivity index (χ4n) is 2.28. The molecule has 0 aliphatic carbocycles. The Balaban J connectivity index is 1.53. The molecule has 1 aromatic rings. The number of benzene rings is 1. The van der Waals surface area contributed by atoms with Gasteiger partial charge in [0.05, 0.1) is 0 Å². The summed E-state index contributed by atoms with van der Waals surface area (Å²) < 4.78 is 5.29. The molecule has 21 heavy (non-hydrogen) atoms. The molecule has 0 unspecified atom stereocenters. The van der Waals surface area contributed by atoms with Crippen LogP contribution in [0.15, 0.2) is 42.5 Å². The molecule has 4 heteroatoms. The molecule has 0 radical (unpaired) electrons. The monoisotopic (exact) mass is 288 g/mol. The van der Waals surface area contributed by atoms with Crippen molar-refractivity contribution in [1.29, 1.82) is 0 Å². The Bertz CT molecular complexity index is 439. The molecular weight excluding hydrogens is 264 g/mol. The number of carbonyl (C=O) groups is 1. The molecule has 1 aliphatic rings. The highest BCUT2D eigenvalue weighted by Gasteiger charge is 2.10. The number of allylic oxidation sites excluding steroid dienone is 1. The standard InChI is InChI=1S/C17H24N2O2/c20-17(8-7-15-9-13-21-14-10-15)19-12-4-11-18-16-5-2-1-3-6-16/h1-3,5-8,15,18H,4,9-14H2,(H,19,20). The van der Waals surface area contributed by atoms with Crippen LogP contribution in [-0.2, 0) is 9.53 Å². The molecule has 0 saturated carbocycles. The zero-order valence-electron chi connectivity index (χ0n) is 12.4. The van der Waals surface area contributed by atoms with Crippen LogP contribution in [0.1, 0.15) is 19.3 Å². The molecule has 1 saturated heterocycles. The van der Waals surface area contributed by atoms with Gasteiger partial charge < -0.3 is 15.4 Å². The molecule has 1 aromatic carbocycles. The Morgan fingerprint density at radius 2 is 1.95 bits per heavy atom. The van der Waals surface area contributed by atoms with Crippen molar-refractivity contribution in [3.8, 4) is 0 Å². The summed E-state index contributed by atoms with van der Waals surface area (Å²) in [5, 5.41) is 6.23. The lowest BCUT2D eigenvalue weighted by molar-refractivity contribution is -0.116. The number of hydrogen-bond donors (Lipinski definition) is 2. The van der Waals surface area contributed by atoms with E-state index in [4.69, 9.17) is 4.74 Å². The van der Waals surface area contributed by atoms with E-state index in [1.165, 1.54) is 0 Å².